The van der Waals surface area contributed by atoms with E-state index in [9.17, 15) is 8.78 Å². The zero-order chi connectivity index (χ0) is 12.4. The lowest BCUT2D eigenvalue weighted by Crippen LogP contribution is -2.32. The van der Waals surface area contributed by atoms with Crippen molar-refractivity contribution < 1.29 is 8.78 Å². The van der Waals surface area contributed by atoms with Crippen molar-refractivity contribution in [3.05, 3.63) is 35.4 Å². The molecule has 4 heteroatoms. The molecular weight excluding hydrogens is 240 g/mol. The van der Waals surface area contributed by atoms with E-state index in [-0.39, 0.29) is 6.04 Å². The normalized spacial score (nSPS) is 26.1. The molecule has 1 heterocycles. The molecule has 0 aliphatic carbocycles. The van der Waals surface area contributed by atoms with Crippen molar-refractivity contribution in [3.63, 3.8) is 0 Å². The second kappa shape index (κ2) is 5.36. The highest BCUT2D eigenvalue weighted by Gasteiger charge is 2.24. The Kier molecular flexibility index (Phi) is 4.05. The molecule has 1 fully saturated rings. The minimum absolute atomic E-state index is 0.0773. The second-order valence-electron chi connectivity index (χ2n) is 4.63. The summed E-state index contributed by atoms with van der Waals surface area (Å²) in [5.41, 5.74) is 0.538. The molecule has 3 unspecified atom stereocenters. The van der Waals surface area contributed by atoms with Crippen LogP contribution in [0.15, 0.2) is 18.2 Å². The van der Waals surface area contributed by atoms with Gasteiger partial charge < -0.3 is 5.32 Å². The zero-order valence-electron chi connectivity index (χ0n) is 10.0. The van der Waals surface area contributed by atoms with E-state index in [1.54, 1.807) is 0 Å². The molecule has 0 amide bonds. The van der Waals surface area contributed by atoms with E-state index in [1.807, 2.05) is 18.7 Å². The first-order valence-electron chi connectivity index (χ1n) is 5.89. The highest BCUT2D eigenvalue weighted by atomic mass is 32.2. The van der Waals surface area contributed by atoms with Crippen LogP contribution in [0.25, 0.3) is 0 Å². The van der Waals surface area contributed by atoms with Gasteiger partial charge in [0.05, 0.1) is 0 Å². The average molecular weight is 257 g/mol. The Bertz CT molecular complexity index is 397. The molecule has 3 atom stereocenters. The second-order valence-corrected chi connectivity index (χ2v) is 6.10. The molecule has 1 aromatic rings. The number of hydrogen-bond donors (Lipinski definition) is 1. The van der Waals surface area contributed by atoms with Gasteiger partial charge in [0.15, 0.2) is 0 Å². The number of rotatable bonds is 3. The average Bonchev–Trinajstić information content (AvgIpc) is 2.63. The number of halogens is 2. The molecule has 1 aromatic carbocycles. The van der Waals surface area contributed by atoms with E-state index in [2.05, 4.69) is 12.2 Å². The number of hydrogen-bond acceptors (Lipinski definition) is 2. The van der Waals surface area contributed by atoms with Crippen LogP contribution in [0.2, 0.25) is 0 Å². The number of benzene rings is 1. The van der Waals surface area contributed by atoms with Crippen LogP contribution in [0, 0.1) is 11.6 Å². The van der Waals surface area contributed by atoms with Crippen LogP contribution in [0.1, 0.15) is 31.9 Å². The van der Waals surface area contributed by atoms with Crippen LogP contribution in [0.4, 0.5) is 8.78 Å². The molecule has 0 aromatic heterocycles. The maximum atomic E-state index is 13.6. The van der Waals surface area contributed by atoms with Crippen molar-refractivity contribution in [2.24, 2.45) is 0 Å². The Balaban J connectivity index is 2.01. The van der Waals surface area contributed by atoms with Crippen LogP contribution >= 0.6 is 11.8 Å². The van der Waals surface area contributed by atoms with E-state index < -0.39 is 11.6 Å². The summed E-state index contributed by atoms with van der Waals surface area (Å²) in [6, 6.07) is 4.12. The molecule has 94 valence electrons. The molecule has 1 nitrogen and oxygen atoms in total. The van der Waals surface area contributed by atoms with E-state index in [0.717, 1.165) is 18.2 Å². The molecule has 0 radical (unpaired) electrons. The first kappa shape index (κ1) is 12.8. The summed E-state index contributed by atoms with van der Waals surface area (Å²) in [7, 11) is 0. The summed E-state index contributed by atoms with van der Waals surface area (Å²) in [6.07, 6.45) is 1.11. The van der Waals surface area contributed by atoms with E-state index in [1.165, 1.54) is 12.1 Å². The van der Waals surface area contributed by atoms with Crippen LogP contribution in [0.3, 0.4) is 0 Å². The molecule has 17 heavy (non-hydrogen) atoms. The van der Waals surface area contributed by atoms with Gasteiger partial charge in [-0.05, 0) is 19.4 Å². The zero-order valence-corrected chi connectivity index (χ0v) is 10.9. The minimum Gasteiger partial charge on any atom is -0.306 e. The Morgan fingerprint density at radius 1 is 1.41 bits per heavy atom. The van der Waals surface area contributed by atoms with Crippen LogP contribution < -0.4 is 5.32 Å². The van der Waals surface area contributed by atoms with Crippen LogP contribution in [-0.2, 0) is 0 Å². The van der Waals surface area contributed by atoms with E-state index in [4.69, 9.17) is 0 Å². The van der Waals surface area contributed by atoms with Gasteiger partial charge in [-0.15, -0.1) is 0 Å². The molecule has 0 bridgehead atoms. The van der Waals surface area contributed by atoms with Crippen LogP contribution in [-0.4, -0.2) is 17.0 Å². The SMILES string of the molecule is CC1CC(NC(C)c2ccc(F)cc2F)CS1. The molecule has 1 aliphatic heterocycles. The molecular formula is C13H17F2NS. The molecule has 0 spiro atoms. The standard InChI is InChI=1S/C13H17F2NS/c1-8-5-11(7-17-8)16-9(2)12-4-3-10(14)6-13(12)15/h3-4,6,8-9,11,16H,5,7H2,1-2H3. The fourth-order valence-corrected chi connectivity index (χ4v) is 3.39. The minimum atomic E-state index is -0.525. The summed E-state index contributed by atoms with van der Waals surface area (Å²) in [5, 5.41) is 4.07. The fourth-order valence-electron chi connectivity index (χ4n) is 2.23. The van der Waals surface area contributed by atoms with Crippen molar-refractivity contribution in [2.45, 2.75) is 37.6 Å². The van der Waals surface area contributed by atoms with Gasteiger partial charge in [-0.3, -0.25) is 0 Å². The topological polar surface area (TPSA) is 12.0 Å². The van der Waals surface area contributed by atoms with Gasteiger partial charge in [0.1, 0.15) is 11.6 Å². The quantitative estimate of drug-likeness (QED) is 0.889. The lowest BCUT2D eigenvalue weighted by molar-refractivity contribution is 0.456. The fraction of sp³-hybridized carbons (Fsp3) is 0.538. The van der Waals surface area contributed by atoms with Crippen molar-refractivity contribution in [1.82, 2.24) is 5.32 Å². The molecule has 2 rings (SSSR count). The summed E-state index contributed by atoms with van der Waals surface area (Å²) in [5.74, 6) is 0.0705. The van der Waals surface area contributed by atoms with E-state index >= 15 is 0 Å². The molecule has 1 saturated heterocycles. The van der Waals surface area contributed by atoms with Crippen LogP contribution in [0.5, 0.6) is 0 Å². The predicted molar refractivity (Wildman–Crippen MR) is 68.2 cm³/mol. The Labute approximate surface area is 105 Å². The smallest absolute Gasteiger partial charge is 0.130 e. The van der Waals surface area contributed by atoms with Gasteiger partial charge in [0.2, 0.25) is 0 Å². The third-order valence-electron chi connectivity index (χ3n) is 3.11. The third kappa shape index (κ3) is 3.19. The Morgan fingerprint density at radius 3 is 2.76 bits per heavy atom. The first-order valence-corrected chi connectivity index (χ1v) is 6.93. The summed E-state index contributed by atoms with van der Waals surface area (Å²) in [6.45, 7) is 4.12. The number of nitrogens with one attached hydrogen (secondary N) is 1. The van der Waals surface area contributed by atoms with Gasteiger partial charge in [0, 0.05) is 34.7 Å². The summed E-state index contributed by atoms with van der Waals surface area (Å²) in [4.78, 5) is 0. The van der Waals surface area contributed by atoms with Crippen molar-refractivity contribution in [2.75, 3.05) is 5.75 Å². The molecule has 1 aliphatic rings. The summed E-state index contributed by atoms with van der Waals surface area (Å²) < 4.78 is 26.4. The maximum Gasteiger partial charge on any atom is 0.130 e. The van der Waals surface area contributed by atoms with Crippen molar-refractivity contribution in [1.29, 1.82) is 0 Å². The van der Waals surface area contributed by atoms with Crippen molar-refractivity contribution >= 4 is 11.8 Å². The lowest BCUT2D eigenvalue weighted by atomic mass is 10.1. The highest BCUT2D eigenvalue weighted by molar-refractivity contribution is 8.00. The van der Waals surface area contributed by atoms with Gasteiger partial charge in [-0.25, -0.2) is 8.78 Å². The largest absolute Gasteiger partial charge is 0.306 e. The van der Waals surface area contributed by atoms with E-state index in [0.29, 0.717) is 16.9 Å². The predicted octanol–water partition coefficient (Wildman–Crippen LogP) is 3.51. The lowest BCUT2D eigenvalue weighted by Gasteiger charge is -2.19. The van der Waals surface area contributed by atoms with Gasteiger partial charge in [-0.1, -0.05) is 13.0 Å². The van der Waals surface area contributed by atoms with Gasteiger partial charge >= 0.3 is 0 Å². The monoisotopic (exact) mass is 257 g/mol. The van der Waals surface area contributed by atoms with Crippen molar-refractivity contribution in [3.8, 4) is 0 Å². The highest BCUT2D eigenvalue weighted by Crippen LogP contribution is 2.28. The van der Waals surface area contributed by atoms with Gasteiger partial charge in [0.25, 0.3) is 0 Å². The molecule has 0 saturated carbocycles. The third-order valence-corrected chi connectivity index (χ3v) is 4.47. The first-order chi connectivity index (χ1) is 8.06. The maximum absolute atomic E-state index is 13.6. The van der Waals surface area contributed by atoms with Gasteiger partial charge in [-0.2, -0.15) is 11.8 Å². The Morgan fingerprint density at radius 2 is 2.18 bits per heavy atom. The summed E-state index contributed by atoms with van der Waals surface area (Å²) >= 11 is 1.93. The molecule has 1 N–H and O–H groups in total. The Hall–Kier alpha value is -0.610. The number of thioether (sulfide) groups is 1.